The minimum atomic E-state index is 0.667. The summed E-state index contributed by atoms with van der Waals surface area (Å²) in [5.41, 5.74) is 2.12. The minimum Gasteiger partial charge on any atom is -0.355 e. The van der Waals surface area contributed by atoms with Gasteiger partial charge in [0.15, 0.2) is 0 Å². The third-order valence-electron chi connectivity index (χ3n) is 3.05. The Morgan fingerprint density at radius 2 is 2.10 bits per heavy atom. The fourth-order valence-corrected chi connectivity index (χ4v) is 2.64. The van der Waals surface area contributed by atoms with E-state index in [-0.39, 0.29) is 0 Å². The van der Waals surface area contributed by atoms with E-state index in [4.69, 9.17) is 23.2 Å². The summed E-state index contributed by atoms with van der Waals surface area (Å²) in [6, 6.07) is 5.61. The summed E-state index contributed by atoms with van der Waals surface area (Å²) < 4.78 is 2.15. The normalized spacial score (nSPS) is 10.8. The first-order valence-electron chi connectivity index (χ1n) is 6.81. The molecule has 0 aliphatic heterocycles. The number of hydrogen-bond acceptors (Lipinski definition) is 2. The molecule has 2 aromatic rings. The molecule has 1 heterocycles. The number of imidazole rings is 1. The molecule has 1 aromatic carbocycles. The lowest BCUT2D eigenvalue weighted by Gasteiger charge is -2.09. The molecular weight excluding hydrogens is 293 g/mol. The van der Waals surface area contributed by atoms with Crippen LogP contribution in [0.2, 0.25) is 10.0 Å². The standard InChI is InChI=1S/C15H19Cl2N3/c1-3-8-20-10-11(2)19-15(20)18-7-6-12-4-5-13(16)9-14(12)17/h4-5,9-10H,3,6-8H2,1-2H3,(H,18,19). The van der Waals surface area contributed by atoms with E-state index in [0.29, 0.717) is 10.0 Å². The predicted octanol–water partition coefficient (Wildman–Crippen LogP) is 4.56. The Hall–Kier alpha value is -1.19. The van der Waals surface area contributed by atoms with Crippen LogP contribution >= 0.6 is 23.2 Å². The number of nitrogens with zero attached hydrogens (tertiary/aromatic N) is 2. The smallest absolute Gasteiger partial charge is 0.203 e. The van der Waals surface area contributed by atoms with Gasteiger partial charge >= 0.3 is 0 Å². The highest BCUT2D eigenvalue weighted by Gasteiger charge is 2.05. The van der Waals surface area contributed by atoms with Gasteiger partial charge in [-0.05, 0) is 37.5 Å². The maximum absolute atomic E-state index is 6.16. The minimum absolute atomic E-state index is 0.667. The van der Waals surface area contributed by atoms with Gasteiger partial charge in [-0.3, -0.25) is 0 Å². The van der Waals surface area contributed by atoms with Crippen LogP contribution in [0.25, 0.3) is 0 Å². The van der Waals surface area contributed by atoms with Crippen molar-refractivity contribution in [1.82, 2.24) is 9.55 Å². The van der Waals surface area contributed by atoms with Gasteiger partial charge in [0.05, 0.1) is 5.69 Å². The van der Waals surface area contributed by atoms with Crippen LogP contribution < -0.4 is 5.32 Å². The molecule has 0 aliphatic rings. The van der Waals surface area contributed by atoms with E-state index in [9.17, 15) is 0 Å². The molecule has 0 aliphatic carbocycles. The van der Waals surface area contributed by atoms with Gasteiger partial charge in [0.25, 0.3) is 0 Å². The van der Waals surface area contributed by atoms with Crippen LogP contribution in [0.15, 0.2) is 24.4 Å². The molecule has 5 heteroatoms. The Kier molecular flexibility index (Phi) is 5.32. The van der Waals surface area contributed by atoms with E-state index in [0.717, 1.165) is 43.1 Å². The Morgan fingerprint density at radius 3 is 2.80 bits per heavy atom. The molecule has 3 nitrogen and oxygen atoms in total. The largest absolute Gasteiger partial charge is 0.355 e. The first kappa shape index (κ1) is 15.2. The van der Waals surface area contributed by atoms with Crippen molar-refractivity contribution >= 4 is 29.2 Å². The number of benzene rings is 1. The molecule has 0 saturated carbocycles. The van der Waals surface area contributed by atoms with Crippen LogP contribution in [0.4, 0.5) is 5.95 Å². The SMILES string of the molecule is CCCn1cc(C)nc1NCCc1ccc(Cl)cc1Cl. The number of nitrogens with one attached hydrogen (secondary N) is 1. The Morgan fingerprint density at radius 1 is 1.30 bits per heavy atom. The second-order valence-electron chi connectivity index (χ2n) is 4.81. The van der Waals surface area contributed by atoms with Gasteiger partial charge < -0.3 is 9.88 Å². The summed E-state index contributed by atoms with van der Waals surface area (Å²) in [7, 11) is 0. The molecule has 108 valence electrons. The molecule has 0 amide bonds. The maximum atomic E-state index is 6.16. The Balaban J connectivity index is 1.95. The highest BCUT2D eigenvalue weighted by Crippen LogP contribution is 2.21. The van der Waals surface area contributed by atoms with E-state index in [1.807, 2.05) is 19.1 Å². The molecule has 0 spiro atoms. The first-order valence-corrected chi connectivity index (χ1v) is 7.57. The van der Waals surface area contributed by atoms with Crippen LogP contribution in [-0.4, -0.2) is 16.1 Å². The van der Waals surface area contributed by atoms with Crippen molar-refractivity contribution in [2.45, 2.75) is 33.2 Å². The number of aryl methyl sites for hydroxylation is 2. The van der Waals surface area contributed by atoms with Crippen molar-refractivity contribution in [3.63, 3.8) is 0 Å². The van der Waals surface area contributed by atoms with Crippen LogP contribution in [0.3, 0.4) is 0 Å². The zero-order valence-corrected chi connectivity index (χ0v) is 13.3. The summed E-state index contributed by atoms with van der Waals surface area (Å²) in [5, 5.41) is 4.75. The molecule has 0 bridgehead atoms. The van der Waals surface area contributed by atoms with Gasteiger partial charge in [0.1, 0.15) is 0 Å². The molecule has 0 unspecified atom stereocenters. The molecule has 0 fully saturated rings. The molecule has 1 aromatic heterocycles. The van der Waals surface area contributed by atoms with Gasteiger partial charge in [-0.1, -0.05) is 36.2 Å². The van der Waals surface area contributed by atoms with E-state index in [2.05, 4.69) is 28.0 Å². The van der Waals surface area contributed by atoms with Gasteiger partial charge in [-0.2, -0.15) is 0 Å². The predicted molar refractivity (Wildman–Crippen MR) is 85.9 cm³/mol. The molecule has 1 N–H and O–H groups in total. The fraction of sp³-hybridized carbons (Fsp3) is 0.400. The number of halogens is 2. The Labute approximate surface area is 129 Å². The van der Waals surface area contributed by atoms with E-state index >= 15 is 0 Å². The van der Waals surface area contributed by atoms with Crippen LogP contribution in [-0.2, 0) is 13.0 Å². The number of rotatable bonds is 6. The molecule has 0 atom stereocenters. The molecule has 20 heavy (non-hydrogen) atoms. The van der Waals surface area contributed by atoms with Crippen molar-refractivity contribution in [1.29, 1.82) is 0 Å². The fourth-order valence-electron chi connectivity index (χ4n) is 2.13. The third-order valence-corrected chi connectivity index (χ3v) is 3.64. The van der Waals surface area contributed by atoms with E-state index < -0.39 is 0 Å². The molecule has 0 radical (unpaired) electrons. The van der Waals surface area contributed by atoms with Crippen molar-refractivity contribution in [3.05, 3.63) is 45.7 Å². The molecule has 2 rings (SSSR count). The van der Waals surface area contributed by atoms with Gasteiger partial charge in [0.2, 0.25) is 5.95 Å². The van der Waals surface area contributed by atoms with Crippen LogP contribution in [0.5, 0.6) is 0 Å². The monoisotopic (exact) mass is 311 g/mol. The van der Waals surface area contributed by atoms with Crippen molar-refractivity contribution < 1.29 is 0 Å². The van der Waals surface area contributed by atoms with Crippen LogP contribution in [0, 0.1) is 6.92 Å². The summed E-state index contributed by atoms with van der Waals surface area (Å²) in [4.78, 5) is 4.49. The zero-order valence-electron chi connectivity index (χ0n) is 11.8. The van der Waals surface area contributed by atoms with Crippen LogP contribution in [0.1, 0.15) is 24.6 Å². The number of anilines is 1. The lowest BCUT2D eigenvalue weighted by Crippen LogP contribution is -2.10. The van der Waals surface area contributed by atoms with Crippen molar-refractivity contribution in [3.8, 4) is 0 Å². The lowest BCUT2D eigenvalue weighted by atomic mass is 10.1. The summed E-state index contributed by atoms with van der Waals surface area (Å²) >= 11 is 12.1. The topological polar surface area (TPSA) is 29.9 Å². The highest BCUT2D eigenvalue weighted by molar-refractivity contribution is 6.35. The average molecular weight is 312 g/mol. The summed E-state index contributed by atoms with van der Waals surface area (Å²) in [6.07, 6.45) is 4.00. The highest BCUT2D eigenvalue weighted by atomic mass is 35.5. The van der Waals surface area contributed by atoms with Crippen molar-refractivity contribution in [2.24, 2.45) is 0 Å². The first-order chi connectivity index (χ1) is 9.60. The second kappa shape index (κ2) is 7.00. The molecular formula is C15H19Cl2N3. The lowest BCUT2D eigenvalue weighted by molar-refractivity contribution is 0.681. The second-order valence-corrected chi connectivity index (χ2v) is 5.66. The van der Waals surface area contributed by atoms with E-state index in [1.165, 1.54) is 0 Å². The third kappa shape index (κ3) is 3.90. The van der Waals surface area contributed by atoms with E-state index in [1.54, 1.807) is 6.07 Å². The van der Waals surface area contributed by atoms with Gasteiger partial charge in [-0.25, -0.2) is 4.98 Å². The van der Waals surface area contributed by atoms with Crippen molar-refractivity contribution in [2.75, 3.05) is 11.9 Å². The summed E-state index contributed by atoms with van der Waals surface area (Å²) in [5.74, 6) is 0.925. The quantitative estimate of drug-likeness (QED) is 0.847. The maximum Gasteiger partial charge on any atom is 0.203 e. The number of hydrogen-bond donors (Lipinski definition) is 1. The average Bonchev–Trinajstić information content (AvgIpc) is 2.73. The summed E-state index contributed by atoms with van der Waals surface area (Å²) in [6.45, 7) is 5.94. The van der Waals surface area contributed by atoms with Gasteiger partial charge in [-0.15, -0.1) is 0 Å². The number of aromatic nitrogens is 2. The van der Waals surface area contributed by atoms with Gasteiger partial charge in [0, 0.05) is 29.3 Å². The molecule has 0 saturated heterocycles. The zero-order chi connectivity index (χ0) is 14.5. The Bertz CT molecular complexity index is 578.